The number of hydrogen-bond donors (Lipinski definition) is 1. The zero-order chi connectivity index (χ0) is 14.5. The van der Waals surface area contributed by atoms with E-state index in [1.165, 1.54) is 5.56 Å². The Balaban J connectivity index is 2.29. The zero-order valence-corrected chi connectivity index (χ0v) is 12.9. The summed E-state index contributed by atoms with van der Waals surface area (Å²) in [6.45, 7) is 7.91. The van der Waals surface area contributed by atoms with E-state index in [1.807, 2.05) is 24.3 Å². The molecule has 0 bridgehead atoms. The summed E-state index contributed by atoms with van der Waals surface area (Å²) in [5.41, 5.74) is 3.46. The fourth-order valence-electron chi connectivity index (χ4n) is 2.06. The first-order chi connectivity index (χ1) is 9.60. The third kappa shape index (κ3) is 3.75. The van der Waals surface area contributed by atoms with Crippen molar-refractivity contribution in [2.45, 2.75) is 27.3 Å². The van der Waals surface area contributed by atoms with Crippen molar-refractivity contribution in [2.24, 2.45) is 0 Å². The molecule has 0 saturated heterocycles. The second-order valence-corrected chi connectivity index (χ2v) is 5.34. The third-order valence-electron chi connectivity index (χ3n) is 3.15. The Labute approximate surface area is 125 Å². The fraction of sp³-hybridized carbons (Fsp3) is 0.294. The van der Waals surface area contributed by atoms with Gasteiger partial charge in [0.15, 0.2) is 0 Å². The normalized spacial score (nSPS) is 10.6. The van der Waals surface area contributed by atoms with Crippen LogP contribution in [0.3, 0.4) is 0 Å². The predicted molar refractivity (Wildman–Crippen MR) is 84.8 cm³/mol. The van der Waals surface area contributed by atoms with E-state index in [-0.39, 0.29) is 0 Å². The number of hydrogen-bond acceptors (Lipinski definition) is 2. The van der Waals surface area contributed by atoms with Crippen LogP contribution in [0.25, 0.3) is 0 Å². The van der Waals surface area contributed by atoms with Crippen LogP contribution in [0.4, 0.5) is 0 Å². The van der Waals surface area contributed by atoms with Gasteiger partial charge in [0.05, 0.1) is 0 Å². The largest absolute Gasteiger partial charge is 0.457 e. The van der Waals surface area contributed by atoms with Crippen LogP contribution in [-0.4, -0.2) is 6.54 Å². The van der Waals surface area contributed by atoms with E-state index in [0.29, 0.717) is 5.02 Å². The number of benzene rings is 2. The van der Waals surface area contributed by atoms with Gasteiger partial charge < -0.3 is 10.1 Å². The maximum atomic E-state index is 6.08. The summed E-state index contributed by atoms with van der Waals surface area (Å²) in [4.78, 5) is 0. The van der Waals surface area contributed by atoms with Gasteiger partial charge in [-0.2, -0.15) is 0 Å². The Morgan fingerprint density at radius 2 is 1.85 bits per heavy atom. The quantitative estimate of drug-likeness (QED) is 0.849. The molecule has 3 heteroatoms. The van der Waals surface area contributed by atoms with Crippen molar-refractivity contribution >= 4 is 11.6 Å². The maximum Gasteiger partial charge on any atom is 0.133 e. The monoisotopic (exact) mass is 289 g/mol. The Hall–Kier alpha value is -1.51. The van der Waals surface area contributed by atoms with E-state index in [4.69, 9.17) is 16.3 Å². The lowest BCUT2D eigenvalue weighted by Crippen LogP contribution is -2.12. The molecular formula is C17H20ClNO. The number of aryl methyl sites for hydroxylation is 2. The molecule has 0 fully saturated rings. The number of ether oxygens (including phenoxy) is 1. The molecule has 0 atom stereocenters. The van der Waals surface area contributed by atoms with Crippen LogP contribution in [0.5, 0.6) is 11.5 Å². The van der Waals surface area contributed by atoms with Gasteiger partial charge in [-0.05, 0) is 44.2 Å². The van der Waals surface area contributed by atoms with Gasteiger partial charge in [0.25, 0.3) is 0 Å². The second kappa shape index (κ2) is 6.78. The Morgan fingerprint density at radius 3 is 2.55 bits per heavy atom. The van der Waals surface area contributed by atoms with E-state index < -0.39 is 0 Å². The molecule has 0 unspecified atom stereocenters. The molecule has 0 aromatic heterocycles. The lowest BCUT2D eigenvalue weighted by Gasteiger charge is -2.14. The van der Waals surface area contributed by atoms with E-state index in [1.54, 1.807) is 0 Å². The molecule has 0 aliphatic rings. The molecule has 0 heterocycles. The first kappa shape index (κ1) is 14.9. The van der Waals surface area contributed by atoms with Crippen LogP contribution in [0.2, 0.25) is 5.02 Å². The molecule has 0 saturated carbocycles. The fourth-order valence-corrected chi connectivity index (χ4v) is 2.22. The highest BCUT2D eigenvalue weighted by Gasteiger charge is 2.08. The molecule has 0 aliphatic heterocycles. The van der Waals surface area contributed by atoms with Crippen LogP contribution in [0.1, 0.15) is 23.6 Å². The van der Waals surface area contributed by atoms with Gasteiger partial charge in [-0.25, -0.2) is 0 Å². The van der Waals surface area contributed by atoms with Crippen LogP contribution >= 0.6 is 11.6 Å². The first-order valence-corrected chi connectivity index (χ1v) is 7.22. The number of rotatable bonds is 5. The topological polar surface area (TPSA) is 21.3 Å². The van der Waals surface area contributed by atoms with E-state index in [2.05, 4.69) is 38.2 Å². The summed E-state index contributed by atoms with van der Waals surface area (Å²) in [5, 5.41) is 4.00. The van der Waals surface area contributed by atoms with Gasteiger partial charge >= 0.3 is 0 Å². The molecule has 2 aromatic rings. The van der Waals surface area contributed by atoms with Crippen LogP contribution < -0.4 is 10.1 Å². The Kier molecular flexibility index (Phi) is 5.05. The summed E-state index contributed by atoms with van der Waals surface area (Å²) in [6.07, 6.45) is 0. The van der Waals surface area contributed by atoms with Crippen molar-refractivity contribution in [3.05, 3.63) is 58.1 Å². The molecule has 106 valence electrons. The summed E-state index contributed by atoms with van der Waals surface area (Å²) in [7, 11) is 0. The minimum atomic E-state index is 0.685. The van der Waals surface area contributed by atoms with Gasteiger partial charge in [0.1, 0.15) is 11.5 Å². The van der Waals surface area contributed by atoms with E-state index >= 15 is 0 Å². The highest BCUT2D eigenvalue weighted by molar-refractivity contribution is 6.30. The second-order valence-electron chi connectivity index (χ2n) is 4.90. The van der Waals surface area contributed by atoms with Gasteiger partial charge in [0, 0.05) is 17.1 Å². The van der Waals surface area contributed by atoms with Crippen LogP contribution in [0.15, 0.2) is 36.4 Å². The predicted octanol–water partition coefficient (Wildman–Crippen LogP) is 4.86. The van der Waals surface area contributed by atoms with Crippen molar-refractivity contribution in [2.75, 3.05) is 6.54 Å². The smallest absolute Gasteiger partial charge is 0.133 e. The van der Waals surface area contributed by atoms with Crippen molar-refractivity contribution < 1.29 is 4.74 Å². The molecule has 0 radical (unpaired) electrons. The van der Waals surface area contributed by atoms with Crippen molar-refractivity contribution in [3.8, 4) is 11.5 Å². The molecule has 1 N–H and O–H groups in total. The summed E-state index contributed by atoms with van der Waals surface area (Å²) >= 11 is 6.08. The lowest BCUT2D eigenvalue weighted by atomic mass is 10.1. The minimum Gasteiger partial charge on any atom is -0.457 e. The minimum absolute atomic E-state index is 0.685. The Morgan fingerprint density at radius 1 is 1.05 bits per heavy atom. The Bertz CT molecular complexity index is 596. The summed E-state index contributed by atoms with van der Waals surface area (Å²) < 4.78 is 6.05. The average molecular weight is 290 g/mol. The maximum absolute atomic E-state index is 6.08. The highest BCUT2D eigenvalue weighted by Crippen LogP contribution is 2.30. The highest BCUT2D eigenvalue weighted by atomic mass is 35.5. The molecule has 2 rings (SSSR count). The molecule has 20 heavy (non-hydrogen) atoms. The van der Waals surface area contributed by atoms with Crippen molar-refractivity contribution in [1.29, 1.82) is 0 Å². The van der Waals surface area contributed by atoms with Crippen molar-refractivity contribution in [1.82, 2.24) is 5.32 Å². The SMILES string of the molecule is CCNCc1ccc(Cl)cc1Oc1ccc(C)cc1C. The third-order valence-corrected chi connectivity index (χ3v) is 3.38. The van der Waals surface area contributed by atoms with Gasteiger partial charge in [-0.1, -0.05) is 42.3 Å². The molecule has 2 aromatic carbocycles. The van der Waals surface area contributed by atoms with Gasteiger partial charge in [-0.15, -0.1) is 0 Å². The lowest BCUT2D eigenvalue weighted by molar-refractivity contribution is 0.469. The first-order valence-electron chi connectivity index (χ1n) is 6.84. The molecule has 0 spiro atoms. The molecular weight excluding hydrogens is 270 g/mol. The van der Waals surface area contributed by atoms with Crippen molar-refractivity contribution in [3.63, 3.8) is 0 Å². The average Bonchev–Trinajstić information content (AvgIpc) is 2.41. The summed E-state index contributed by atoms with van der Waals surface area (Å²) in [6, 6.07) is 11.9. The molecule has 0 amide bonds. The number of halogens is 1. The standard InChI is InChI=1S/C17H20ClNO/c1-4-19-11-14-6-7-15(18)10-17(14)20-16-8-5-12(2)9-13(16)3/h5-10,19H,4,11H2,1-3H3. The molecule has 0 aliphatic carbocycles. The molecule has 2 nitrogen and oxygen atoms in total. The zero-order valence-electron chi connectivity index (χ0n) is 12.2. The summed E-state index contributed by atoms with van der Waals surface area (Å²) in [5.74, 6) is 1.68. The van der Waals surface area contributed by atoms with Crippen LogP contribution in [-0.2, 0) is 6.54 Å². The number of nitrogens with one attached hydrogen (secondary N) is 1. The van der Waals surface area contributed by atoms with E-state index in [0.717, 1.165) is 35.7 Å². The van der Waals surface area contributed by atoms with E-state index in [9.17, 15) is 0 Å². The van der Waals surface area contributed by atoms with Crippen LogP contribution in [0, 0.1) is 13.8 Å². The van der Waals surface area contributed by atoms with Gasteiger partial charge in [-0.3, -0.25) is 0 Å². The van der Waals surface area contributed by atoms with Gasteiger partial charge in [0.2, 0.25) is 0 Å².